The van der Waals surface area contributed by atoms with Crippen molar-refractivity contribution in [2.75, 3.05) is 11.9 Å². The van der Waals surface area contributed by atoms with Crippen LogP contribution in [0.5, 0.6) is 0 Å². The van der Waals surface area contributed by atoms with Gasteiger partial charge < -0.3 is 4.90 Å². The molecule has 0 atom stereocenters. The van der Waals surface area contributed by atoms with Gasteiger partial charge in [0, 0.05) is 23.8 Å². The number of para-hydroxylation sites is 2. The molecule has 2 aromatic rings. The lowest BCUT2D eigenvalue weighted by molar-refractivity contribution is 0.627. The maximum Gasteiger partial charge on any atom is 0.0479 e. The molecule has 1 heterocycles. The van der Waals surface area contributed by atoms with E-state index in [0.717, 1.165) is 0 Å². The van der Waals surface area contributed by atoms with Gasteiger partial charge in [-0.05, 0) is 36.1 Å². The molecule has 0 radical (unpaired) electrons. The minimum absolute atomic E-state index is 0.0647. The van der Waals surface area contributed by atoms with Crippen LogP contribution < -0.4 is 4.90 Å². The molecule has 0 saturated carbocycles. The summed E-state index contributed by atoms with van der Waals surface area (Å²) in [6.45, 7) is 9.07. The second kappa shape index (κ2) is 3.86. The number of rotatable bonds is 0. The SMILES string of the molecule is Cc1cccc2c1N(C)c1c(C)cccc1C2(C)C. The van der Waals surface area contributed by atoms with E-state index < -0.39 is 0 Å². The summed E-state index contributed by atoms with van der Waals surface area (Å²) < 4.78 is 0. The fraction of sp³-hybridized carbons (Fsp3) is 0.333. The highest BCUT2D eigenvalue weighted by Crippen LogP contribution is 2.50. The zero-order chi connectivity index (χ0) is 13.8. The van der Waals surface area contributed by atoms with Gasteiger partial charge in [-0.3, -0.25) is 0 Å². The first-order chi connectivity index (χ1) is 8.94. The van der Waals surface area contributed by atoms with Crippen molar-refractivity contribution in [1.29, 1.82) is 0 Å². The molecule has 0 N–H and O–H groups in total. The molecule has 0 fully saturated rings. The van der Waals surface area contributed by atoms with Gasteiger partial charge in [0.25, 0.3) is 0 Å². The van der Waals surface area contributed by atoms with E-state index in [1.807, 2.05) is 0 Å². The number of benzene rings is 2. The van der Waals surface area contributed by atoms with E-state index in [1.54, 1.807) is 0 Å². The van der Waals surface area contributed by atoms with E-state index in [2.05, 4.69) is 76.0 Å². The highest BCUT2D eigenvalue weighted by Gasteiger charge is 2.36. The Hall–Kier alpha value is -1.76. The third kappa shape index (κ3) is 1.54. The van der Waals surface area contributed by atoms with Crippen molar-refractivity contribution < 1.29 is 0 Å². The van der Waals surface area contributed by atoms with Crippen LogP contribution >= 0.6 is 0 Å². The minimum Gasteiger partial charge on any atom is -0.344 e. The zero-order valence-electron chi connectivity index (χ0n) is 12.4. The first-order valence-electron chi connectivity index (χ1n) is 6.88. The van der Waals surface area contributed by atoms with Gasteiger partial charge in [0.1, 0.15) is 0 Å². The predicted molar refractivity (Wildman–Crippen MR) is 82.5 cm³/mol. The van der Waals surface area contributed by atoms with Crippen LogP contribution in [0.2, 0.25) is 0 Å². The molecule has 1 nitrogen and oxygen atoms in total. The van der Waals surface area contributed by atoms with E-state index in [9.17, 15) is 0 Å². The molecule has 3 rings (SSSR count). The monoisotopic (exact) mass is 251 g/mol. The van der Waals surface area contributed by atoms with Gasteiger partial charge >= 0.3 is 0 Å². The molecule has 0 aromatic heterocycles. The number of fused-ring (bicyclic) bond motifs is 2. The largest absolute Gasteiger partial charge is 0.344 e. The van der Waals surface area contributed by atoms with Crippen molar-refractivity contribution >= 4 is 11.4 Å². The molecule has 0 aliphatic carbocycles. The Morgan fingerprint density at radius 3 is 1.63 bits per heavy atom. The summed E-state index contributed by atoms with van der Waals surface area (Å²) in [7, 11) is 2.19. The summed E-state index contributed by atoms with van der Waals surface area (Å²) in [5.41, 5.74) is 8.35. The Kier molecular flexibility index (Phi) is 2.50. The molecule has 0 spiro atoms. The van der Waals surface area contributed by atoms with Crippen LogP contribution in [0.25, 0.3) is 0 Å². The second-order valence-corrected chi connectivity index (χ2v) is 6.13. The summed E-state index contributed by atoms with van der Waals surface area (Å²) in [4.78, 5) is 2.36. The van der Waals surface area contributed by atoms with Crippen molar-refractivity contribution in [3.8, 4) is 0 Å². The van der Waals surface area contributed by atoms with Crippen molar-refractivity contribution in [1.82, 2.24) is 0 Å². The molecule has 0 saturated heterocycles. The summed E-state index contributed by atoms with van der Waals surface area (Å²) in [6, 6.07) is 13.3. The average molecular weight is 251 g/mol. The predicted octanol–water partition coefficient (Wildman–Crippen LogP) is 4.71. The first kappa shape index (κ1) is 12.3. The molecule has 2 aromatic carbocycles. The van der Waals surface area contributed by atoms with E-state index in [-0.39, 0.29) is 5.41 Å². The van der Waals surface area contributed by atoms with E-state index in [4.69, 9.17) is 0 Å². The van der Waals surface area contributed by atoms with Gasteiger partial charge in [0.15, 0.2) is 0 Å². The third-order valence-electron chi connectivity index (χ3n) is 4.49. The first-order valence-corrected chi connectivity index (χ1v) is 6.88. The van der Waals surface area contributed by atoms with Gasteiger partial charge in [-0.15, -0.1) is 0 Å². The Bertz CT molecular complexity index is 597. The number of nitrogens with zero attached hydrogens (tertiary/aromatic N) is 1. The topological polar surface area (TPSA) is 3.24 Å². The highest BCUT2D eigenvalue weighted by atomic mass is 15.1. The van der Waals surface area contributed by atoms with Crippen LogP contribution in [0.4, 0.5) is 11.4 Å². The van der Waals surface area contributed by atoms with Crippen LogP contribution in [0.15, 0.2) is 36.4 Å². The maximum atomic E-state index is 2.36. The van der Waals surface area contributed by atoms with E-state index in [1.165, 1.54) is 33.6 Å². The van der Waals surface area contributed by atoms with Gasteiger partial charge in [-0.1, -0.05) is 50.2 Å². The molecule has 0 amide bonds. The summed E-state index contributed by atoms with van der Waals surface area (Å²) in [5.74, 6) is 0. The fourth-order valence-corrected chi connectivity index (χ4v) is 3.47. The number of hydrogen-bond donors (Lipinski definition) is 0. The van der Waals surface area contributed by atoms with Crippen molar-refractivity contribution in [3.63, 3.8) is 0 Å². The highest BCUT2D eigenvalue weighted by molar-refractivity contribution is 5.81. The molecule has 19 heavy (non-hydrogen) atoms. The zero-order valence-corrected chi connectivity index (χ0v) is 12.4. The van der Waals surface area contributed by atoms with E-state index in [0.29, 0.717) is 0 Å². The maximum absolute atomic E-state index is 2.36. The van der Waals surface area contributed by atoms with Crippen LogP contribution in [-0.4, -0.2) is 7.05 Å². The molecule has 98 valence electrons. The lowest BCUT2D eigenvalue weighted by Crippen LogP contribution is -2.32. The van der Waals surface area contributed by atoms with Crippen LogP contribution in [0.3, 0.4) is 0 Å². The lowest BCUT2D eigenvalue weighted by Gasteiger charge is -2.42. The molecule has 1 heteroatoms. The van der Waals surface area contributed by atoms with E-state index >= 15 is 0 Å². The smallest absolute Gasteiger partial charge is 0.0479 e. The molecule has 1 aliphatic heterocycles. The van der Waals surface area contributed by atoms with Crippen molar-refractivity contribution in [2.45, 2.75) is 33.1 Å². The Labute approximate surface area is 115 Å². The quantitative estimate of drug-likeness (QED) is 0.655. The summed E-state index contributed by atoms with van der Waals surface area (Å²) >= 11 is 0. The fourth-order valence-electron chi connectivity index (χ4n) is 3.47. The number of anilines is 2. The number of aryl methyl sites for hydroxylation is 2. The van der Waals surface area contributed by atoms with Crippen LogP contribution in [-0.2, 0) is 5.41 Å². The average Bonchev–Trinajstić information content (AvgIpc) is 2.36. The lowest BCUT2D eigenvalue weighted by atomic mass is 9.72. The van der Waals surface area contributed by atoms with Gasteiger partial charge in [-0.2, -0.15) is 0 Å². The summed E-state index contributed by atoms with van der Waals surface area (Å²) in [5, 5.41) is 0. The minimum atomic E-state index is 0.0647. The van der Waals surface area contributed by atoms with Gasteiger partial charge in [0.05, 0.1) is 0 Å². The molecule has 1 aliphatic rings. The molecule has 0 unspecified atom stereocenters. The Balaban J connectivity index is 2.40. The molecular formula is C18H21N. The third-order valence-corrected chi connectivity index (χ3v) is 4.49. The van der Waals surface area contributed by atoms with Gasteiger partial charge in [0.2, 0.25) is 0 Å². The number of hydrogen-bond acceptors (Lipinski definition) is 1. The van der Waals surface area contributed by atoms with Crippen LogP contribution in [0.1, 0.15) is 36.1 Å². The summed E-state index contributed by atoms with van der Waals surface area (Å²) in [6.07, 6.45) is 0. The van der Waals surface area contributed by atoms with Crippen LogP contribution in [0, 0.1) is 13.8 Å². The molecular weight excluding hydrogens is 230 g/mol. The standard InChI is InChI=1S/C18H21N/c1-12-8-6-10-14-16(12)19(5)17-13(2)9-7-11-15(17)18(14,3)4/h6-11H,1-5H3. The van der Waals surface area contributed by atoms with Gasteiger partial charge in [-0.25, -0.2) is 0 Å². The molecule has 0 bridgehead atoms. The Morgan fingerprint density at radius 1 is 0.789 bits per heavy atom. The normalized spacial score (nSPS) is 15.9. The Morgan fingerprint density at radius 2 is 1.21 bits per heavy atom. The second-order valence-electron chi connectivity index (χ2n) is 6.13. The van der Waals surface area contributed by atoms with Crippen molar-refractivity contribution in [3.05, 3.63) is 58.7 Å². The van der Waals surface area contributed by atoms with Crippen molar-refractivity contribution in [2.24, 2.45) is 0 Å².